The van der Waals surface area contributed by atoms with E-state index in [9.17, 15) is 4.39 Å². The van der Waals surface area contributed by atoms with Crippen LogP contribution < -0.4 is 5.73 Å². The summed E-state index contributed by atoms with van der Waals surface area (Å²) in [5, 5.41) is 6.32. The van der Waals surface area contributed by atoms with Crippen LogP contribution in [0.4, 0.5) is 10.1 Å². The molecule has 6 nitrogen and oxygen atoms in total. The second kappa shape index (κ2) is 7.91. The molecule has 7 heteroatoms. The van der Waals surface area contributed by atoms with Crippen LogP contribution in [0.5, 0.6) is 0 Å². The zero-order chi connectivity index (χ0) is 22.2. The lowest BCUT2D eigenvalue weighted by molar-refractivity contribution is 0.634. The van der Waals surface area contributed by atoms with Crippen molar-refractivity contribution >= 4 is 27.5 Å². The van der Waals surface area contributed by atoms with Crippen molar-refractivity contribution in [3.05, 3.63) is 78.3 Å². The quantitative estimate of drug-likeness (QED) is 0.390. The number of rotatable bonds is 5. The van der Waals surface area contributed by atoms with Crippen molar-refractivity contribution < 1.29 is 4.39 Å². The Labute approximate surface area is 184 Å². The topological polar surface area (TPSA) is 66.0 Å². The first-order valence-electron chi connectivity index (χ1n) is 10.4. The van der Waals surface area contributed by atoms with E-state index in [0.717, 1.165) is 51.6 Å². The van der Waals surface area contributed by atoms with Gasteiger partial charge in [0.2, 0.25) is 5.69 Å². The van der Waals surface area contributed by atoms with Gasteiger partial charge in [-0.3, -0.25) is 9.67 Å². The highest BCUT2D eigenvalue weighted by atomic mass is 19.1. The summed E-state index contributed by atoms with van der Waals surface area (Å²) < 4.78 is 18.5. The molecule has 5 aromatic rings. The normalized spacial score (nSPS) is 11.3. The summed E-state index contributed by atoms with van der Waals surface area (Å²) in [6.07, 6.45) is 6.56. The molecular formula is C25H21FN6. The monoisotopic (exact) mass is 424 g/mol. The highest BCUT2D eigenvalue weighted by Crippen LogP contribution is 2.39. The first-order chi connectivity index (χ1) is 15.6. The summed E-state index contributed by atoms with van der Waals surface area (Å²) in [7, 11) is 1.91. The largest absolute Gasteiger partial charge is 0.346 e. The summed E-state index contributed by atoms with van der Waals surface area (Å²) in [6.45, 7) is 8.55. The third kappa shape index (κ3) is 3.22. The van der Waals surface area contributed by atoms with Gasteiger partial charge in [0.1, 0.15) is 5.82 Å². The van der Waals surface area contributed by atoms with E-state index in [1.165, 1.54) is 12.1 Å². The molecule has 0 aliphatic rings. The minimum atomic E-state index is -0.536. The van der Waals surface area contributed by atoms with Gasteiger partial charge in [-0.2, -0.15) is 5.10 Å². The summed E-state index contributed by atoms with van der Waals surface area (Å²) in [5.74, 6) is -0.536. The van der Waals surface area contributed by atoms with Gasteiger partial charge in [0, 0.05) is 41.7 Å². The highest BCUT2D eigenvalue weighted by Gasteiger charge is 2.18. The van der Waals surface area contributed by atoms with Crippen LogP contribution in [0.15, 0.2) is 61.1 Å². The van der Waals surface area contributed by atoms with E-state index in [4.69, 9.17) is 17.3 Å². The Balaban J connectivity index is 1.77. The van der Waals surface area contributed by atoms with Gasteiger partial charge in [-0.1, -0.05) is 18.2 Å². The van der Waals surface area contributed by atoms with Crippen LogP contribution in [-0.2, 0) is 13.6 Å². The smallest absolute Gasteiger partial charge is 0.222 e. The molecule has 158 valence electrons. The standard InChI is InChI=1S/C25H21FN6/c1-28-21-6-4-16(13-20(21)26)24-19-8-11-32(10-3-9-27)23(19)15-29-25(24)17-5-7-22-18(12-17)14-30-31(22)2/h4-8,11-15H,3,9-10,27H2,2H3. The maximum atomic E-state index is 14.6. The van der Waals surface area contributed by atoms with Crippen molar-refractivity contribution in [3.63, 3.8) is 0 Å². The lowest BCUT2D eigenvalue weighted by Crippen LogP contribution is -2.05. The van der Waals surface area contributed by atoms with Crippen molar-refractivity contribution in [2.45, 2.75) is 13.0 Å². The highest BCUT2D eigenvalue weighted by molar-refractivity contribution is 6.02. The van der Waals surface area contributed by atoms with Crippen molar-refractivity contribution in [3.8, 4) is 22.4 Å². The van der Waals surface area contributed by atoms with Crippen molar-refractivity contribution in [2.75, 3.05) is 6.54 Å². The van der Waals surface area contributed by atoms with Gasteiger partial charge in [0.25, 0.3) is 0 Å². The van der Waals surface area contributed by atoms with Gasteiger partial charge >= 0.3 is 0 Å². The maximum absolute atomic E-state index is 14.6. The van der Waals surface area contributed by atoms with Crippen LogP contribution in [-0.4, -0.2) is 25.9 Å². The molecule has 0 aliphatic carbocycles. The minimum absolute atomic E-state index is 0.00716. The van der Waals surface area contributed by atoms with Gasteiger partial charge in [-0.25, -0.2) is 9.24 Å². The number of pyridine rings is 1. The maximum Gasteiger partial charge on any atom is 0.222 e. The Morgan fingerprint density at radius 3 is 2.69 bits per heavy atom. The molecular weight excluding hydrogens is 403 g/mol. The van der Waals surface area contributed by atoms with Gasteiger partial charge in [0.05, 0.1) is 35.7 Å². The summed E-state index contributed by atoms with van der Waals surface area (Å²) >= 11 is 0. The molecule has 3 aromatic heterocycles. The van der Waals surface area contributed by atoms with E-state index in [0.29, 0.717) is 12.1 Å². The first kappa shape index (κ1) is 19.9. The van der Waals surface area contributed by atoms with Gasteiger partial charge in [0.15, 0.2) is 0 Å². The van der Waals surface area contributed by atoms with Gasteiger partial charge in [-0.05, 0) is 42.8 Å². The predicted octanol–water partition coefficient (Wildman–Crippen LogP) is 5.30. The number of aromatic nitrogens is 4. The number of nitrogens with zero attached hydrogens (tertiary/aromatic N) is 5. The lowest BCUT2D eigenvalue weighted by atomic mass is 9.95. The van der Waals surface area contributed by atoms with E-state index in [1.807, 2.05) is 48.5 Å². The number of halogens is 1. The predicted molar refractivity (Wildman–Crippen MR) is 125 cm³/mol. The minimum Gasteiger partial charge on any atom is -0.346 e. The SMILES string of the molecule is [C-]#[N+]c1ccc(-c2c(-c3ccc4c(cnn4C)c3)ncc3c2ccn3CCCN)cc1F. The van der Waals surface area contributed by atoms with Crippen LogP contribution >= 0.6 is 0 Å². The number of benzene rings is 2. The molecule has 0 aliphatic heterocycles. The number of fused-ring (bicyclic) bond motifs is 2. The molecule has 0 saturated carbocycles. The molecule has 0 unspecified atom stereocenters. The summed E-state index contributed by atoms with van der Waals surface area (Å²) in [6, 6.07) is 12.9. The van der Waals surface area contributed by atoms with Gasteiger partial charge in [-0.15, -0.1) is 0 Å². The fourth-order valence-electron chi connectivity index (χ4n) is 4.19. The third-order valence-electron chi connectivity index (χ3n) is 5.81. The van der Waals surface area contributed by atoms with Crippen molar-refractivity contribution in [2.24, 2.45) is 12.8 Å². The van der Waals surface area contributed by atoms with Crippen molar-refractivity contribution in [1.29, 1.82) is 0 Å². The first-order valence-corrected chi connectivity index (χ1v) is 10.4. The molecule has 0 bridgehead atoms. The van der Waals surface area contributed by atoms with Crippen molar-refractivity contribution in [1.82, 2.24) is 19.3 Å². The molecule has 2 N–H and O–H groups in total. The second-order valence-corrected chi connectivity index (χ2v) is 7.75. The molecule has 0 atom stereocenters. The van der Waals surface area contributed by atoms with E-state index in [-0.39, 0.29) is 5.69 Å². The van der Waals surface area contributed by atoms with E-state index in [1.54, 1.807) is 6.07 Å². The van der Waals surface area contributed by atoms with Crippen LogP contribution in [0.2, 0.25) is 0 Å². The number of hydrogen-bond donors (Lipinski definition) is 1. The molecule has 0 fully saturated rings. The number of nitrogens with two attached hydrogens (primary N) is 1. The van der Waals surface area contributed by atoms with Crippen LogP contribution in [0.3, 0.4) is 0 Å². The van der Waals surface area contributed by atoms with Crippen LogP contribution in [0, 0.1) is 12.4 Å². The fourth-order valence-corrected chi connectivity index (χ4v) is 4.19. The van der Waals surface area contributed by atoms with E-state index >= 15 is 0 Å². The van der Waals surface area contributed by atoms with Gasteiger partial charge < -0.3 is 10.3 Å². The molecule has 0 radical (unpaired) electrons. The Hall–Kier alpha value is -4.02. The molecule has 0 saturated heterocycles. The van der Waals surface area contributed by atoms with Crippen LogP contribution in [0.25, 0.3) is 49.0 Å². The van der Waals surface area contributed by atoms with Crippen LogP contribution in [0.1, 0.15) is 6.42 Å². The van der Waals surface area contributed by atoms with E-state index in [2.05, 4.69) is 20.6 Å². The molecule has 5 rings (SSSR count). The molecule has 2 aromatic carbocycles. The Bertz CT molecular complexity index is 1500. The second-order valence-electron chi connectivity index (χ2n) is 7.75. The average Bonchev–Trinajstić information content (AvgIpc) is 3.40. The fraction of sp³-hybridized carbons (Fsp3) is 0.160. The molecule has 32 heavy (non-hydrogen) atoms. The number of hydrogen-bond acceptors (Lipinski definition) is 3. The molecule has 0 amide bonds. The third-order valence-corrected chi connectivity index (χ3v) is 5.81. The average molecular weight is 424 g/mol. The summed E-state index contributed by atoms with van der Waals surface area (Å²) in [4.78, 5) is 8.07. The van der Waals surface area contributed by atoms with E-state index < -0.39 is 5.82 Å². The summed E-state index contributed by atoms with van der Waals surface area (Å²) in [5.41, 5.74) is 10.9. The molecule has 0 spiro atoms. The Morgan fingerprint density at radius 2 is 1.91 bits per heavy atom. The zero-order valence-electron chi connectivity index (χ0n) is 17.6. The Kier molecular flexibility index (Phi) is 4.92. The zero-order valence-corrected chi connectivity index (χ0v) is 17.6. The number of aryl methyl sites for hydroxylation is 2. The molecule has 3 heterocycles. The Morgan fingerprint density at radius 1 is 1.06 bits per heavy atom. The lowest BCUT2D eigenvalue weighted by Gasteiger charge is -2.13.